The summed E-state index contributed by atoms with van der Waals surface area (Å²) in [5.41, 5.74) is 5.22. The van der Waals surface area contributed by atoms with Crippen LogP contribution >= 0.6 is 0 Å². The first-order valence-electron chi connectivity index (χ1n) is 3.81. The molecule has 14 heavy (non-hydrogen) atoms. The van der Waals surface area contributed by atoms with Gasteiger partial charge in [0.05, 0.1) is 12.4 Å². The van der Waals surface area contributed by atoms with Crippen molar-refractivity contribution in [1.82, 2.24) is 20.4 Å². The molecule has 1 amide bonds. The van der Waals surface area contributed by atoms with Gasteiger partial charge in [-0.2, -0.15) is 15.4 Å². The first-order chi connectivity index (χ1) is 6.80. The maximum atomic E-state index is 10.4. The molecule has 2 heterocycles. The van der Waals surface area contributed by atoms with Gasteiger partial charge >= 0.3 is 0 Å². The van der Waals surface area contributed by atoms with Crippen molar-refractivity contribution in [2.24, 2.45) is 5.73 Å². The van der Waals surface area contributed by atoms with Crippen LogP contribution in [0.4, 0.5) is 0 Å². The molecule has 0 aliphatic heterocycles. The second kappa shape index (κ2) is 5.41. The van der Waals surface area contributed by atoms with Crippen LogP contribution in [0.5, 0.6) is 0 Å². The van der Waals surface area contributed by atoms with Crippen LogP contribution in [0.15, 0.2) is 36.8 Å². The lowest BCUT2D eigenvalue weighted by Gasteiger charge is -1.88. The maximum absolute atomic E-state index is 10.4. The number of nitrogens with zero attached hydrogens (tertiary/aromatic N) is 3. The number of carbonyl (C=O) groups excluding carboxylic acids is 1. The third kappa shape index (κ3) is 3.44. The first-order valence-corrected chi connectivity index (χ1v) is 3.81. The Balaban J connectivity index is 0.000000165. The Hall–Kier alpha value is -2.24. The van der Waals surface area contributed by atoms with Crippen molar-refractivity contribution < 1.29 is 4.79 Å². The van der Waals surface area contributed by atoms with Crippen molar-refractivity contribution in [2.45, 2.75) is 0 Å². The molecular weight excluding hydrogens is 182 g/mol. The normalized spacial score (nSPS) is 8.57. The Morgan fingerprint density at radius 2 is 1.93 bits per heavy atom. The number of nitrogens with two attached hydrogens (primary N) is 1. The van der Waals surface area contributed by atoms with Gasteiger partial charge in [-0.1, -0.05) is 6.07 Å². The Bertz CT molecular complexity index is 341. The van der Waals surface area contributed by atoms with Gasteiger partial charge in [-0.15, -0.1) is 0 Å². The van der Waals surface area contributed by atoms with Crippen LogP contribution in [0, 0.1) is 0 Å². The van der Waals surface area contributed by atoms with Gasteiger partial charge in [-0.3, -0.25) is 9.78 Å². The quantitative estimate of drug-likeness (QED) is 0.662. The second-order valence-corrected chi connectivity index (χ2v) is 2.24. The van der Waals surface area contributed by atoms with E-state index >= 15 is 0 Å². The fourth-order valence-corrected chi connectivity index (χ4v) is 0.675. The Morgan fingerprint density at radius 1 is 1.21 bits per heavy atom. The second-order valence-electron chi connectivity index (χ2n) is 2.24. The predicted molar refractivity (Wildman–Crippen MR) is 49.1 cm³/mol. The summed E-state index contributed by atoms with van der Waals surface area (Å²) >= 11 is 0. The zero-order valence-corrected chi connectivity index (χ0v) is 7.29. The van der Waals surface area contributed by atoms with Crippen LogP contribution in [-0.2, 0) is 0 Å². The van der Waals surface area contributed by atoms with Gasteiger partial charge in [-0.25, -0.2) is 0 Å². The number of hydrogen-bond donors (Lipinski definition) is 2. The number of H-pyrrole nitrogens is 1. The summed E-state index contributed by atoms with van der Waals surface area (Å²) < 4.78 is 0. The number of aromatic nitrogens is 4. The highest BCUT2D eigenvalue weighted by molar-refractivity contribution is 5.90. The fraction of sp³-hybridized carbons (Fsp3) is 0. The van der Waals surface area contributed by atoms with Crippen molar-refractivity contribution in [3.63, 3.8) is 0 Å². The monoisotopic (exact) mass is 191 g/mol. The van der Waals surface area contributed by atoms with Gasteiger partial charge in [0.25, 0.3) is 5.91 Å². The molecule has 0 aliphatic carbocycles. The lowest BCUT2D eigenvalue weighted by Crippen LogP contribution is -2.12. The molecule has 0 unspecified atom stereocenters. The molecule has 2 aromatic heterocycles. The number of primary amides is 1. The maximum Gasteiger partial charge on any atom is 0.267 e. The Morgan fingerprint density at radius 3 is 2.21 bits per heavy atom. The summed E-state index contributed by atoms with van der Waals surface area (Å²) in [6.07, 6.45) is 4.69. The molecule has 6 heteroatoms. The summed E-state index contributed by atoms with van der Waals surface area (Å²) in [5.74, 6) is -0.490. The minimum atomic E-state index is -0.490. The predicted octanol–water partition coefficient (Wildman–Crippen LogP) is -0.0148. The number of rotatable bonds is 1. The molecule has 0 fully saturated rings. The molecular formula is C8H9N5O. The third-order valence-corrected chi connectivity index (χ3v) is 1.25. The average molecular weight is 191 g/mol. The number of aromatic amines is 1. The highest BCUT2D eigenvalue weighted by Gasteiger charge is 1.95. The highest BCUT2D eigenvalue weighted by Crippen LogP contribution is 1.88. The van der Waals surface area contributed by atoms with Crippen LogP contribution in [-0.4, -0.2) is 26.3 Å². The summed E-state index contributed by atoms with van der Waals surface area (Å²) in [6.45, 7) is 0. The van der Waals surface area contributed by atoms with Gasteiger partial charge < -0.3 is 5.73 Å². The van der Waals surface area contributed by atoms with Gasteiger partial charge in [-0.05, 0) is 12.1 Å². The third-order valence-electron chi connectivity index (χ3n) is 1.25. The summed E-state index contributed by atoms with van der Waals surface area (Å²) in [6, 6.07) is 5.02. The zero-order chi connectivity index (χ0) is 10.2. The van der Waals surface area contributed by atoms with Crippen LogP contribution in [0.25, 0.3) is 0 Å². The molecule has 6 nitrogen and oxygen atoms in total. The van der Waals surface area contributed by atoms with E-state index in [9.17, 15) is 4.79 Å². The van der Waals surface area contributed by atoms with Crippen LogP contribution in [0.1, 0.15) is 10.5 Å². The van der Waals surface area contributed by atoms with E-state index < -0.39 is 5.91 Å². The molecule has 0 saturated carbocycles. The number of carbonyl (C=O) groups is 1. The van der Waals surface area contributed by atoms with Gasteiger partial charge in [0, 0.05) is 6.20 Å². The molecule has 0 atom stereocenters. The molecule has 0 bridgehead atoms. The van der Waals surface area contributed by atoms with Crippen molar-refractivity contribution in [3.8, 4) is 0 Å². The Kier molecular flexibility index (Phi) is 3.81. The van der Waals surface area contributed by atoms with Crippen LogP contribution in [0.3, 0.4) is 0 Å². The lowest BCUT2D eigenvalue weighted by atomic mass is 10.3. The van der Waals surface area contributed by atoms with E-state index in [0.29, 0.717) is 5.69 Å². The smallest absolute Gasteiger partial charge is 0.267 e. The molecule has 2 aromatic rings. The Labute approximate surface area is 80.2 Å². The lowest BCUT2D eigenvalue weighted by molar-refractivity contribution is 0.0995. The van der Waals surface area contributed by atoms with E-state index in [-0.39, 0.29) is 0 Å². The molecule has 0 radical (unpaired) electrons. The van der Waals surface area contributed by atoms with E-state index in [1.54, 1.807) is 30.6 Å². The fourth-order valence-electron chi connectivity index (χ4n) is 0.675. The number of nitrogens with one attached hydrogen (secondary N) is 1. The topological polar surface area (TPSA) is 97.5 Å². The minimum Gasteiger partial charge on any atom is -0.364 e. The van der Waals surface area contributed by atoms with Crippen LogP contribution in [0.2, 0.25) is 0 Å². The molecule has 0 saturated heterocycles. The van der Waals surface area contributed by atoms with E-state index in [0.717, 1.165) is 0 Å². The number of pyridine rings is 1. The van der Waals surface area contributed by atoms with E-state index in [1.807, 2.05) is 0 Å². The van der Waals surface area contributed by atoms with Crippen LogP contribution < -0.4 is 5.73 Å². The minimum absolute atomic E-state index is 0.303. The average Bonchev–Trinajstić information content (AvgIpc) is 2.77. The standard InChI is InChI=1S/C6H6N2O.C2H3N3/c7-6(9)5-3-1-2-4-8-5;1-2-4-5-3-1/h1-4H,(H2,7,9);1-2H,(H,3,4,5). The number of amides is 1. The molecule has 0 spiro atoms. The van der Waals surface area contributed by atoms with Crippen molar-refractivity contribution in [1.29, 1.82) is 0 Å². The highest BCUT2D eigenvalue weighted by atomic mass is 16.1. The van der Waals surface area contributed by atoms with Crippen molar-refractivity contribution in [3.05, 3.63) is 42.5 Å². The first kappa shape index (κ1) is 9.85. The summed E-state index contributed by atoms with van der Waals surface area (Å²) in [4.78, 5) is 14.1. The van der Waals surface area contributed by atoms with E-state index in [2.05, 4.69) is 20.4 Å². The SMILES string of the molecule is NC(=O)c1ccccn1.c1cn[nH]n1. The van der Waals surface area contributed by atoms with Gasteiger partial charge in [0.15, 0.2) is 0 Å². The molecule has 3 N–H and O–H groups in total. The van der Waals surface area contributed by atoms with E-state index in [4.69, 9.17) is 5.73 Å². The molecule has 0 aromatic carbocycles. The van der Waals surface area contributed by atoms with Gasteiger partial charge in [0.1, 0.15) is 5.69 Å². The zero-order valence-electron chi connectivity index (χ0n) is 7.29. The van der Waals surface area contributed by atoms with Crippen molar-refractivity contribution in [2.75, 3.05) is 0 Å². The molecule has 0 aliphatic rings. The largest absolute Gasteiger partial charge is 0.364 e. The molecule has 2 rings (SSSR count). The van der Waals surface area contributed by atoms with E-state index in [1.165, 1.54) is 6.20 Å². The number of hydrogen-bond acceptors (Lipinski definition) is 4. The molecule has 72 valence electrons. The van der Waals surface area contributed by atoms with Gasteiger partial charge in [0.2, 0.25) is 0 Å². The summed E-state index contributed by atoms with van der Waals surface area (Å²) in [7, 11) is 0. The van der Waals surface area contributed by atoms with Crippen molar-refractivity contribution >= 4 is 5.91 Å². The summed E-state index contributed by atoms with van der Waals surface area (Å²) in [5, 5.41) is 9.33.